The maximum absolute atomic E-state index is 13.5. The monoisotopic (exact) mass is 494 g/mol. The number of amides is 2. The van der Waals surface area contributed by atoms with Crippen LogP contribution >= 0.6 is 0 Å². The normalized spacial score (nSPS) is 20.7. The topological polar surface area (TPSA) is 102 Å². The van der Waals surface area contributed by atoms with E-state index in [1.165, 1.54) is 10.4 Å². The SMILES string of the molecule is CCCNC(=O)N(C)C[C@H]1Oc2cc(C#CCN(C)C)ccc2S(=O)(=O)N([C@H](C)CO)C[C@@H]1C. The van der Waals surface area contributed by atoms with Gasteiger partial charge < -0.3 is 20.1 Å². The first kappa shape index (κ1) is 27.9. The number of likely N-dealkylation sites (N-methyl/N-ethyl adjacent to an activating group) is 1. The molecule has 0 unspecified atom stereocenters. The number of hydrogen-bond donors (Lipinski definition) is 2. The van der Waals surface area contributed by atoms with Crippen molar-refractivity contribution in [2.75, 3.05) is 53.9 Å². The van der Waals surface area contributed by atoms with Crippen molar-refractivity contribution in [3.8, 4) is 17.6 Å². The third-order valence-electron chi connectivity index (χ3n) is 5.62. The van der Waals surface area contributed by atoms with Crippen molar-refractivity contribution in [1.29, 1.82) is 0 Å². The molecule has 2 rings (SSSR count). The molecule has 10 heteroatoms. The lowest BCUT2D eigenvalue weighted by atomic mass is 10.0. The molecule has 0 aliphatic carbocycles. The molecule has 1 aromatic rings. The van der Waals surface area contributed by atoms with Gasteiger partial charge in [0.1, 0.15) is 16.7 Å². The summed E-state index contributed by atoms with van der Waals surface area (Å²) in [6.45, 7) is 6.80. The second kappa shape index (κ2) is 12.4. The zero-order valence-corrected chi connectivity index (χ0v) is 21.9. The molecule has 1 heterocycles. The number of nitrogens with zero attached hydrogens (tertiary/aromatic N) is 3. The number of rotatable bonds is 7. The van der Waals surface area contributed by atoms with Gasteiger partial charge in [-0.1, -0.05) is 25.7 Å². The Bertz CT molecular complexity index is 1000. The van der Waals surface area contributed by atoms with Crippen molar-refractivity contribution in [2.24, 2.45) is 5.92 Å². The third kappa shape index (κ3) is 7.09. The zero-order valence-electron chi connectivity index (χ0n) is 21.0. The predicted octanol–water partition coefficient (Wildman–Crippen LogP) is 1.42. The van der Waals surface area contributed by atoms with Crippen LogP contribution in [0.2, 0.25) is 0 Å². The number of urea groups is 1. The van der Waals surface area contributed by atoms with Crippen LogP contribution in [0, 0.1) is 17.8 Å². The van der Waals surface area contributed by atoms with Gasteiger partial charge in [-0.2, -0.15) is 4.31 Å². The van der Waals surface area contributed by atoms with E-state index in [9.17, 15) is 18.3 Å². The number of aliphatic hydroxyl groups excluding tert-OH is 1. The highest BCUT2D eigenvalue weighted by molar-refractivity contribution is 7.89. The Labute approximate surface area is 204 Å². The number of fused-ring (bicyclic) bond motifs is 1. The van der Waals surface area contributed by atoms with Crippen LogP contribution in [0.25, 0.3) is 0 Å². The van der Waals surface area contributed by atoms with Crippen molar-refractivity contribution in [3.63, 3.8) is 0 Å². The molecule has 1 aromatic carbocycles. The van der Waals surface area contributed by atoms with Crippen LogP contribution in [0.4, 0.5) is 4.79 Å². The van der Waals surface area contributed by atoms with Gasteiger partial charge >= 0.3 is 6.03 Å². The molecule has 2 N–H and O–H groups in total. The first-order valence-corrected chi connectivity index (χ1v) is 13.0. The fourth-order valence-corrected chi connectivity index (χ4v) is 5.37. The highest BCUT2D eigenvalue weighted by Crippen LogP contribution is 2.34. The van der Waals surface area contributed by atoms with Gasteiger partial charge in [0.2, 0.25) is 10.0 Å². The van der Waals surface area contributed by atoms with E-state index in [2.05, 4.69) is 17.2 Å². The van der Waals surface area contributed by atoms with E-state index in [1.807, 2.05) is 32.8 Å². The maximum Gasteiger partial charge on any atom is 0.317 e. The van der Waals surface area contributed by atoms with E-state index in [1.54, 1.807) is 31.0 Å². The Morgan fingerprint density at radius 3 is 2.68 bits per heavy atom. The van der Waals surface area contributed by atoms with Gasteiger partial charge in [0.25, 0.3) is 0 Å². The summed E-state index contributed by atoms with van der Waals surface area (Å²) in [7, 11) is 1.61. The number of hydrogen-bond acceptors (Lipinski definition) is 6. The highest BCUT2D eigenvalue weighted by Gasteiger charge is 2.38. The quantitative estimate of drug-likeness (QED) is 0.556. The number of nitrogens with one attached hydrogen (secondary N) is 1. The molecular weight excluding hydrogens is 456 g/mol. The summed E-state index contributed by atoms with van der Waals surface area (Å²) in [5, 5.41) is 12.6. The van der Waals surface area contributed by atoms with Gasteiger partial charge in [0, 0.05) is 37.7 Å². The van der Waals surface area contributed by atoms with E-state index >= 15 is 0 Å². The molecule has 3 atom stereocenters. The molecule has 0 saturated heterocycles. The smallest absolute Gasteiger partial charge is 0.317 e. The first-order chi connectivity index (χ1) is 16.0. The van der Waals surface area contributed by atoms with Gasteiger partial charge in [-0.15, -0.1) is 0 Å². The van der Waals surface area contributed by atoms with Crippen molar-refractivity contribution in [3.05, 3.63) is 23.8 Å². The molecule has 0 spiro atoms. The largest absolute Gasteiger partial charge is 0.487 e. The molecule has 1 aliphatic rings. The average molecular weight is 495 g/mol. The maximum atomic E-state index is 13.5. The number of ether oxygens (including phenoxy) is 1. The van der Waals surface area contributed by atoms with E-state index in [0.29, 0.717) is 18.7 Å². The number of carbonyl (C=O) groups excluding carboxylic acids is 1. The number of benzene rings is 1. The number of aliphatic hydroxyl groups is 1. The Morgan fingerprint density at radius 2 is 2.06 bits per heavy atom. The van der Waals surface area contributed by atoms with Gasteiger partial charge in [-0.3, -0.25) is 4.90 Å². The van der Waals surface area contributed by atoms with Crippen molar-refractivity contribution in [2.45, 2.75) is 44.2 Å². The Balaban J connectivity index is 2.48. The Hall–Kier alpha value is -2.32. The molecule has 0 saturated carbocycles. The second-order valence-electron chi connectivity index (χ2n) is 9.05. The molecular formula is C24H38N4O5S. The van der Waals surface area contributed by atoms with E-state index < -0.39 is 22.2 Å². The van der Waals surface area contributed by atoms with Crippen LogP contribution in [0.3, 0.4) is 0 Å². The Kier molecular flexibility index (Phi) is 10.2. The van der Waals surface area contributed by atoms with Crippen molar-refractivity contribution < 1.29 is 23.1 Å². The molecule has 190 valence electrons. The molecule has 0 aromatic heterocycles. The molecule has 0 bridgehead atoms. The number of sulfonamides is 1. The molecule has 2 amide bonds. The van der Waals surface area contributed by atoms with E-state index in [-0.39, 0.29) is 42.3 Å². The van der Waals surface area contributed by atoms with Crippen LogP contribution in [-0.4, -0.2) is 99.7 Å². The van der Waals surface area contributed by atoms with Crippen molar-refractivity contribution >= 4 is 16.1 Å². The predicted molar refractivity (Wildman–Crippen MR) is 132 cm³/mol. The molecule has 0 fully saturated rings. The lowest BCUT2D eigenvalue weighted by Gasteiger charge is -2.37. The summed E-state index contributed by atoms with van der Waals surface area (Å²) in [4.78, 5) is 15.9. The van der Waals surface area contributed by atoms with Crippen LogP contribution in [-0.2, 0) is 10.0 Å². The highest BCUT2D eigenvalue weighted by atomic mass is 32.2. The summed E-state index contributed by atoms with van der Waals surface area (Å²) < 4.78 is 34.6. The van der Waals surface area contributed by atoms with Gasteiger partial charge in [0.15, 0.2) is 0 Å². The summed E-state index contributed by atoms with van der Waals surface area (Å²) >= 11 is 0. The second-order valence-corrected chi connectivity index (χ2v) is 10.9. The van der Waals surface area contributed by atoms with Crippen molar-refractivity contribution in [1.82, 2.24) is 19.4 Å². The average Bonchev–Trinajstić information content (AvgIpc) is 2.78. The summed E-state index contributed by atoms with van der Waals surface area (Å²) in [5.41, 5.74) is 0.638. The zero-order chi connectivity index (χ0) is 25.5. The van der Waals surface area contributed by atoms with Gasteiger partial charge in [-0.05, 0) is 45.6 Å². The van der Waals surface area contributed by atoms with Gasteiger partial charge in [-0.25, -0.2) is 13.2 Å². The van der Waals surface area contributed by atoms with Gasteiger partial charge in [0.05, 0.1) is 19.7 Å². The third-order valence-corrected chi connectivity index (χ3v) is 7.64. The molecule has 1 aliphatic heterocycles. The summed E-state index contributed by atoms with van der Waals surface area (Å²) in [6.07, 6.45) is 0.359. The fourth-order valence-electron chi connectivity index (χ4n) is 3.54. The summed E-state index contributed by atoms with van der Waals surface area (Å²) in [5.74, 6) is 6.05. The molecule has 9 nitrogen and oxygen atoms in total. The van der Waals surface area contributed by atoms with Crippen LogP contribution in [0.15, 0.2) is 23.1 Å². The minimum absolute atomic E-state index is 0.0287. The molecule has 0 radical (unpaired) electrons. The summed E-state index contributed by atoms with van der Waals surface area (Å²) in [6, 6.07) is 3.99. The Morgan fingerprint density at radius 1 is 1.35 bits per heavy atom. The lowest BCUT2D eigenvalue weighted by Crippen LogP contribution is -2.51. The fraction of sp³-hybridized carbons (Fsp3) is 0.625. The molecule has 34 heavy (non-hydrogen) atoms. The van der Waals surface area contributed by atoms with E-state index in [0.717, 1.165) is 6.42 Å². The van der Waals surface area contributed by atoms with Crippen LogP contribution < -0.4 is 10.1 Å². The minimum Gasteiger partial charge on any atom is -0.487 e. The van der Waals surface area contributed by atoms with E-state index in [4.69, 9.17) is 4.74 Å². The lowest BCUT2D eigenvalue weighted by molar-refractivity contribution is 0.0812. The van der Waals surface area contributed by atoms with Crippen LogP contribution in [0.1, 0.15) is 32.8 Å². The minimum atomic E-state index is -3.92. The first-order valence-electron chi connectivity index (χ1n) is 11.6. The standard InChI is InChI=1S/C24H38N4O5S/c1-7-12-25-24(30)27(6)16-22-18(2)15-28(19(3)17-29)34(31,32)23-11-10-20(14-21(23)33-22)9-8-13-26(4)5/h10-11,14,18-19,22,29H,7,12-13,15-17H2,1-6H3,(H,25,30)/t18-,19+,22+/m0/s1. The number of carbonyl (C=O) groups is 1. The van der Waals surface area contributed by atoms with Crippen LogP contribution in [0.5, 0.6) is 5.75 Å².